The van der Waals surface area contributed by atoms with E-state index in [0.29, 0.717) is 4.49 Å². The van der Waals surface area contributed by atoms with E-state index in [9.17, 15) is 0 Å². The van der Waals surface area contributed by atoms with Gasteiger partial charge in [0.25, 0.3) is 0 Å². The zero-order valence-electron chi connectivity index (χ0n) is 10.8. The highest BCUT2D eigenvalue weighted by Gasteiger charge is 1.97. The van der Waals surface area contributed by atoms with Gasteiger partial charge in [-0.05, 0) is 30.1 Å². The van der Waals surface area contributed by atoms with Crippen molar-refractivity contribution in [3.8, 4) is 0 Å². The first-order chi connectivity index (χ1) is 8.72. The van der Waals surface area contributed by atoms with Gasteiger partial charge in [0.1, 0.15) is 4.49 Å². The van der Waals surface area contributed by atoms with E-state index in [4.69, 9.17) is 23.2 Å². The van der Waals surface area contributed by atoms with Gasteiger partial charge in [-0.3, -0.25) is 0 Å². The van der Waals surface area contributed by atoms with Crippen LogP contribution in [-0.2, 0) is 0 Å². The lowest BCUT2D eigenvalue weighted by Gasteiger charge is -2.03. The second-order valence-corrected chi connectivity index (χ2v) is 5.38. The monoisotopic (exact) mass is 282 g/mol. The van der Waals surface area contributed by atoms with Gasteiger partial charge in [0, 0.05) is 0 Å². The average molecular weight is 283 g/mol. The fraction of sp³-hybridized carbons (Fsp3) is 0.375. The van der Waals surface area contributed by atoms with Crippen LogP contribution in [-0.4, -0.2) is 0 Å². The average Bonchev–Trinajstić information content (AvgIpc) is 2.35. The van der Waals surface area contributed by atoms with Crippen molar-refractivity contribution in [2.24, 2.45) is 0 Å². The molecule has 0 atom stereocenters. The summed E-state index contributed by atoms with van der Waals surface area (Å²) in [7, 11) is 0. The molecule has 0 fully saturated rings. The summed E-state index contributed by atoms with van der Waals surface area (Å²) in [6, 6.07) is 10.3. The minimum absolute atomic E-state index is 0.327. The van der Waals surface area contributed by atoms with Crippen LogP contribution in [0.3, 0.4) is 0 Å². The summed E-state index contributed by atoms with van der Waals surface area (Å²) in [6.45, 7) is 2.22. The molecule has 0 amide bonds. The SMILES string of the molecule is CCCCCC/C(C=C(Cl)Cl)=C\c1ccccc1. The Labute approximate surface area is 120 Å². The van der Waals surface area contributed by atoms with Crippen LogP contribution in [0.5, 0.6) is 0 Å². The number of benzene rings is 1. The maximum Gasteiger partial charge on any atom is 0.107 e. The highest BCUT2D eigenvalue weighted by molar-refractivity contribution is 6.56. The minimum atomic E-state index is 0.327. The van der Waals surface area contributed by atoms with E-state index >= 15 is 0 Å². The van der Waals surface area contributed by atoms with Gasteiger partial charge >= 0.3 is 0 Å². The van der Waals surface area contributed by atoms with Crippen LogP contribution in [0.15, 0.2) is 46.5 Å². The summed E-state index contributed by atoms with van der Waals surface area (Å²) in [5, 5.41) is 0. The van der Waals surface area contributed by atoms with Crippen molar-refractivity contribution >= 4 is 29.3 Å². The molecule has 1 rings (SSSR count). The first-order valence-electron chi connectivity index (χ1n) is 6.50. The lowest BCUT2D eigenvalue weighted by Crippen LogP contribution is -1.83. The van der Waals surface area contributed by atoms with Crippen molar-refractivity contribution in [1.82, 2.24) is 0 Å². The molecule has 0 radical (unpaired) electrons. The Morgan fingerprint density at radius 1 is 1.06 bits per heavy atom. The van der Waals surface area contributed by atoms with E-state index in [1.54, 1.807) is 0 Å². The molecule has 98 valence electrons. The summed E-state index contributed by atoms with van der Waals surface area (Å²) >= 11 is 11.5. The standard InChI is InChI=1S/C16H20Cl2/c1-2-3-4-6-11-15(13-16(17)18)12-14-9-7-5-8-10-14/h5,7-10,12-13H,2-4,6,11H2,1H3/b15-12+. The van der Waals surface area contributed by atoms with E-state index in [0.717, 1.165) is 6.42 Å². The van der Waals surface area contributed by atoms with Crippen molar-refractivity contribution in [2.45, 2.75) is 39.0 Å². The van der Waals surface area contributed by atoms with Gasteiger partial charge in [-0.2, -0.15) is 0 Å². The molecular formula is C16H20Cl2. The Balaban J connectivity index is 2.66. The lowest BCUT2D eigenvalue weighted by atomic mass is 10.0. The van der Waals surface area contributed by atoms with E-state index in [1.807, 2.05) is 24.3 Å². The Morgan fingerprint density at radius 2 is 1.78 bits per heavy atom. The summed E-state index contributed by atoms with van der Waals surface area (Å²) in [6.07, 6.45) is 10.0. The zero-order chi connectivity index (χ0) is 13.2. The van der Waals surface area contributed by atoms with E-state index < -0.39 is 0 Å². The fourth-order valence-corrected chi connectivity index (χ4v) is 2.13. The highest BCUT2D eigenvalue weighted by Crippen LogP contribution is 2.19. The Bertz CT molecular complexity index is 387. The molecule has 0 aromatic heterocycles. The Kier molecular flexibility index (Phi) is 7.88. The molecule has 0 saturated heterocycles. The smallest absolute Gasteiger partial charge is 0.0709 e. The van der Waals surface area contributed by atoms with Crippen molar-refractivity contribution in [3.63, 3.8) is 0 Å². The highest BCUT2D eigenvalue weighted by atomic mass is 35.5. The molecule has 2 heteroatoms. The van der Waals surface area contributed by atoms with Crippen LogP contribution in [0, 0.1) is 0 Å². The molecule has 0 N–H and O–H groups in total. The number of unbranched alkanes of at least 4 members (excludes halogenated alkanes) is 3. The van der Waals surface area contributed by atoms with E-state index in [2.05, 4.69) is 25.1 Å². The first-order valence-corrected chi connectivity index (χ1v) is 7.26. The zero-order valence-corrected chi connectivity index (χ0v) is 12.3. The van der Waals surface area contributed by atoms with E-state index in [-0.39, 0.29) is 0 Å². The molecular weight excluding hydrogens is 263 g/mol. The fourth-order valence-electron chi connectivity index (χ4n) is 1.85. The van der Waals surface area contributed by atoms with E-state index in [1.165, 1.54) is 36.8 Å². The van der Waals surface area contributed by atoms with Crippen molar-refractivity contribution in [2.75, 3.05) is 0 Å². The molecule has 0 bridgehead atoms. The third-order valence-electron chi connectivity index (χ3n) is 2.77. The molecule has 0 aliphatic heterocycles. The lowest BCUT2D eigenvalue weighted by molar-refractivity contribution is 0.669. The second-order valence-electron chi connectivity index (χ2n) is 4.37. The van der Waals surface area contributed by atoms with Gasteiger partial charge in [0.15, 0.2) is 0 Å². The summed E-state index contributed by atoms with van der Waals surface area (Å²) < 4.78 is 0.327. The van der Waals surface area contributed by atoms with Crippen molar-refractivity contribution in [1.29, 1.82) is 0 Å². The number of hydrogen-bond donors (Lipinski definition) is 0. The van der Waals surface area contributed by atoms with Crippen LogP contribution in [0.4, 0.5) is 0 Å². The van der Waals surface area contributed by atoms with Gasteiger partial charge < -0.3 is 0 Å². The molecule has 0 nitrogen and oxygen atoms in total. The summed E-state index contributed by atoms with van der Waals surface area (Å²) in [4.78, 5) is 0. The molecule has 18 heavy (non-hydrogen) atoms. The third-order valence-corrected chi connectivity index (χ3v) is 2.98. The Hall–Kier alpha value is -0.720. The molecule has 0 aliphatic rings. The topological polar surface area (TPSA) is 0 Å². The van der Waals surface area contributed by atoms with Crippen molar-refractivity contribution < 1.29 is 0 Å². The Morgan fingerprint density at radius 3 is 2.39 bits per heavy atom. The normalized spacial score (nSPS) is 11.4. The number of allylic oxidation sites excluding steroid dienone is 2. The maximum atomic E-state index is 5.76. The predicted octanol–water partition coefficient (Wildman–Crippen LogP) is 6.36. The molecule has 0 saturated carbocycles. The molecule has 1 aromatic carbocycles. The third kappa shape index (κ3) is 6.88. The van der Waals surface area contributed by atoms with Gasteiger partial charge in [0.2, 0.25) is 0 Å². The van der Waals surface area contributed by atoms with Crippen LogP contribution < -0.4 is 0 Å². The van der Waals surface area contributed by atoms with Gasteiger partial charge in [0.05, 0.1) is 0 Å². The number of rotatable bonds is 7. The summed E-state index contributed by atoms with van der Waals surface area (Å²) in [5.41, 5.74) is 2.38. The molecule has 1 aromatic rings. The second kappa shape index (κ2) is 9.24. The number of hydrogen-bond acceptors (Lipinski definition) is 0. The molecule has 0 heterocycles. The van der Waals surface area contributed by atoms with Crippen LogP contribution in [0.25, 0.3) is 6.08 Å². The molecule has 0 unspecified atom stereocenters. The number of halogens is 2. The quantitative estimate of drug-likeness (QED) is 0.403. The van der Waals surface area contributed by atoms with Gasteiger partial charge in [-0.15, -0.1) is 0 Å². The van der Waals surface area contributed by atoms with Crippen LogP contribution >= 0.6 is 23.2 Å². The molecule has 0 spiro atoms. The largest absolute Gasteiger partial charge is 0.107 e. The van der Waals surface area contributed by atoms with Crippen molar-refractivity contribution in [3.05, 3.63) is 52.0 Å². The maximum absolute atomic E-state index is 5.76. The van der Waals surface area contributed by atoms with Crippen LogP contribution in [0.1, 0.15) is 44.6 Å². The predicted molar refractivity (Wildman–Crippen MR) is 83.0 cm³/mol. The minimum Gasteiger partial charge on any atom is -0.0709 e. The van der Waals surface area contributed by atoms with Crippen LogP contribution in [0.2, 0.25) is 0 Å². The first kappa shape index (κ1) is 15.3. The van der Waals surface area contributed by atoms with Gasteiger partial charge in [-0.25, -0.2) is 0 Å². The summed E-state index contributed by atoms with van der Waals surface area (Å²) in [5.74, 6) is 0. The van der Waals surface area contributed by atoms with Gasteiger partial charge in [-0.1, -0.05) is 85.8 Å². The molecule has 0 aliphatic carbocycles.